The molecular formula is C28H43N5O6. The number of ether oxygens (including phenoxy) is 3. The first kappa shape index (κ1) is 30.1. The topological polar surface area (TPSA) is 113 Å². The number of nitrogens with one attached hydrogen (secondary N) is 2. The highest BCUT2D eigenvalue weighted by Gasteiger charge is 2.39. The van der Waals surface area contributed by atoms with Crippen molar-refractivity contribution in [3.63, 3.8) is 0 Å². The zero-order chi connectivity index (χ0) is 28.7. The largest absolute Gasteiger partial charge is 0.497 e. The third kappa shape index (κ3) is 7.35. The van der Waals surface area contributed by atoms with Crippen LogP contribution >= 0.6 is 0 Å². The number of hydrogen-bond donors (Lipinski definition) is 2. The fourth-order valence-corrected chi connectivity index (χ4v) is 4.90. The smallest absolute Gasteiger partial charge is 0.338 e. The summed E-state index contributed by atoms with van der Waals surface area (Å²) in [6, 6.07) is 4.09. The molecular weight excluding hydrogens is 502 g/mol. The lowest BCUT2D eigenvalue weighted by Gasteiger charge is -2.38. The van der Waals surface area contributed by atoms with Gasteiger partial charge in [-0.05, 0) is 59.2 Å². The van der Waals surface area contributed by atoms with Crippen LogP contribution in [0.15, 0.2) is 29.5 Å². The minimum Gasteiger partial charge on any atom is -0.497 e. The second-order valence-electron chi connectivity index (χ2n) is 10.6. The van der Waals surface area contributed by atoms with Gasteiger partial charge in [0, 0.05) is 56.1 Å². The van der Waals surface area contributed by atoms with E-state index < -0.39 is 12.0 Å². The highest BCUT2D eigenvalue weighted by atomic mass is 16.5. The van der Waals surface area contributed by atoms with E-state index in [2.05, 4.69) is 15.5 Å². The number of urea groups is 2. The Morgan fingerprint density at radius 3 is 2.44 bits per heavy atom. The average molecular weight is 546 g/mol. The van der Waals surface area contributed by atoms with Crippen molar-refractivity contribution in [2.24, 2.45) is 0 Å². The van der Waals surface area contributed by atoms with Gasteiger partial charge < -0.3 is 29.7 Å². The number of likely N-dealkylation sites (N-methyl/N-ethyl adjacent to an activating group) is 1. The van der Waals surface area contributed by atoms with Gasteiger partial charge in [0.1, 0.15) is 11.5 Å². The van der Waals surface area contributed by atoms with Crippen LogP contribution in [0.25, 0.3) is 0 Å². The van der Waals surface area contributed by atoms with Crippen LogP contribution in [0.5, 0.6) is 11.5 Å². The molecule has 1 aromatic rings. The summed E-state index contributed by atoms with van der Waals surface area (Å²) in [6.07, 6.45) is 0.769. The molecule has 2 aliphatic heterocycles. The molecule has 39 heavy (non-hydrogen) atoms. The molecule has 2 aliphatic rings. The number of carbonyl (C=O) groups excluding carboxylic acids is 3. The molecule has 216 valence electrons. The normalized spacial score (nSPS) is 18.8. The Balaban J connectivity index is 2.00. The van der Waals surface area contributed by atoms with Gasteiger partial charge in [-0.15, -0.1) is 0 Å². The van der Waals surface area contributed by atoms with Gasteiger partial charge in [-0.3, -0.25) is 9.80 Å². The standard InChI is InChI=1S/C28H43N5O6/c1-8-33-21(18-31-13-10-14-32(16-15-31)27(36)30-28(3,4)5)23(25(34)39-9-2)24(29-26(33)35)20-17-19(37-6)11-12-22(20)38-7/h11-12,17,24H,8-10,13-16,18H2,1-7H3,(H,29,35)(H,30,36). The zero-order valence-corrected chi connectivity index (χ0v) is 24.3. The van der Waals surface area contributed by atoms with E-state index in [0.717, 1.165) is 6.42 Å². The molecule has 11 heteroatoms. The van der Waals surface area contributed by atoms with E-state index >= 15 is 0 Å². The van der Waals surface area contributed by atoms with E-state index in [1.54, 1.807) is 44.2 Å². The first-order chi connectivity index (χ1) is 18.5. The van der Waals surface area contributed by atoms with Crippen LogP contribution in [0.2, 0.25) is 0 Å². The zero-order valence-electron chi connectivity index (χ0n) is 24.3. The number of carbonyl (C=O) groups is 3. The van der Waals surface area contributed by atoms with Crippen LogP contribution in [0.3, 0.4) is 0 Å². The number of methoxy groups -OCH3 is 2. The van der Waals surface area contributed by atoms with Crippen LogP contribution in [0.1, 0.15) is 52.6 Å². The molecule has 1 fully saturated rings. The van der Waals surface area contributed by atoms with Crippen molar-refractivity contribution in [1.82, 2.24) is 25.3 Å². The van der Waals surface area contributed by atoms with Gasteiger partial charge in [-0.1, -0.05) is 0 Å². The Kier molecular flexibility index (Phi) is 10.1. The van der Waals surface area contributed by atoms with Gasteiger partial charge in [0.15, 0.2) is 0 Å². The van der Waals surface area contributed by atoms with E-state index in [1.165, 1.54) is 0 Å². The predicted octanol–water partition coefficient (Wildman–Crippen LogP) is 3.12. The predicted molar refractivity (Wildman–Crippen MR) is 148 cm³/mol. The summed E-state index contributed by atoms with van der Waals surface area (Å²) < 4.78 is 16.5. The van der Waals surface area contributed by atoms with Gasteiger partial charge in [0.2, 0.25) is 0 Å². The summed E-state index contributed by atoms with van der Waals surface area (Å²) >= 11 is 0. The molecule has 1 atom stereocenters. The minimum absolute atomic E-state index is 0.0896. The molecule has 2 N–H and O–H groups in total. The van der Waals surface area contributed by atoms with E-state index in [-0.39, 0.29) is 24.2 Å². The monoisotopic (exact) mass is 545 g/mol. The van der Waals surface area contributed by atoms with E-state index in [4.69, 9.17) is 14.2 Å². The van der Waals surface area contributed by atoms with Crippen LogP contribution < -0.4 is 20.1 Å². The second kappa shape index (κ2) is 13.1. The Labute approximate surface area is 231 Å². The molecule has 2 heterocycles. The van der Waals surface area contributed by atoms with Gasteiger partial charge in [-0.2, -0.15) is 0 Å². The quantitative estimate of drug-likeness (QED) is 0.483. The maximum atomic E-state index is 13.5. The maximum Gasteiger partial charge on any atom is 0.338 e. The summed E-state index contributed by atoms with van der Waals surface area (Å²) in [7, 11) is 3.10. The lowest BCUT2D eigenvalue weighted by molar-refractivity contribution is -0.139. The van der Waals surface area contributed by atoms with Crippen molar-refractivity contribution in [2.75, 3.05) is 60.1 Å². The average Bonchev–Trinajstić information content (AvgIpc) is 3.13. The van der Waals surface area contributed by atoms with Gasteiger partial charge in [0.25, 0.3) is 0 Å². The molecule has 0 bridgehead atoms. The summed E-state index contributed by atoms with van der Waals surface area (Å²) in [4.78, 5) is 45.2. The fourth-order valence-electron chi connectivity index (χ4n) is 4.90. The lowest BCUT2D eigenvalue weighted by Crippen LogP contribution is -2.51. The summed E-state index contributed by atoms with van der Waals surface area (Å²) in [5.41, 5.74) is 1.22. The molecule has 0 aliphatic carbocycles. The molecule has 3 rings (SSSR count). The molecule has 1 unspecified atom stereocenters. The van der Waals surface area contributed by atoms with Crippen molar-refractivity contribution < 1.29 is 28.6 Å². The van der Waals surface area contributed by atoms with Crippen molar-refractivity contribution in [3.05, 3.63) is 35.0 Å². The molecule has 0 spiro atoms. The molecule has 0 radical (unpaired) electrons. The van der Waals surface area contributed by atoms with Gasteiger partial charge in [-0.25, -0.2) is 14.4 Å². The Morgan fingerprint density at radius 1 is 1.08 bits per heavy atom. The van der Waals surface area contributed by atoms with Crippen LogP contribution in [-0.4, -0.2) is 98.4 Å². The summed E-state index contributed by atoms with van der Waals surface area (Å²) in [5, 5.41) is 6.02. The molecule has 1 saturated heterocycles. The lowest BCUT2D eigenvalue weighted by atomic mass is 9.93. The number of hydrogen-bond acceptors (Lipinski definition) is 7. The molecule has 0 aromatic heterocycles. The number of benzene rings is 1. The molecule has 4 amide bonds. The highest BCUT2D eigenvalue weighted by Crippen LogP contribution is 2.38. The first-order valence-corrected chi connectivity index (χ1v) is 13.5. The number of esters is 1. The van der Waals surface area contributed by atoms with Crippen LogP contribution in [0.4, 0.5) is 9.59 Å². The first-order valence-electron chi connectivity index (χ1n) is 13.5. The van der Waals surface area contributed by atoms with Gasteiger partial charge >= 0.3 is 18.0 Å². The second-order valence-corrected chi connectivity index (χ2v) is 10.6. The van der Waals surface area contributed by atoms with Crippen LogP contribution in [-0.2, 0) is 9.53 Å². The van der Waals surface area contributed by atoms with Crippen molar-refractivity contribution in [1.29, 1.82) is 0 Å². The molecule has 0 saturated carbocycles. The third-order valence-electron chi connectivity index (χ3n) is 6.73. The van der Waals surface area contributed by atoms with Crippen molar-refractivity contribution >= 4 is 18.0 Å². The molecule has 11 nitrogen and oxygen atoms in total. The number of nitrogens with zero attached hydrogens (tertiary/aromatic N) is 3. The third-order valence-corrected chi connectivity index (χ3v) is 6.73. The SMILES string of the molecule is CCOC(=O)C1=C(CN2CCCN(C(=O)NC(C)(C)C)CC2)N(CC)C(=O)NC1c1cc(OC)ccc1OC. The Morgan fingerprint density at radius 2 is 1.82 bits per heavy atom. The van der Waals surface area contributed by atoms with E-state index in [1.807, 2.05) is 32.6 Å². The summed E-state index contributed by atoms with van der Waals surface area (Å²) in [6.45, 7) is 12.9. The molecule has 1 aromatic carbocycles. The van der Waals surface area contributed by atoms with E-state index in [9.17, 15) is 14.4 Å². The maximum absolute atomic E-state index is 13.5. The number of rotatable bonds is 8. The van der Waals surface area contributed by atoms with Gasteiger partial charge in [0.05, 0.1) is 32.4 Å². The van der Waals surface area contributed by atoms with Crippen molar-refractivity contribution in [3.8, 4) is 11.5 Å². The minimum atomic E-state index is -0.791. The Bertz CT molecular complexity index is 1080. The Hall–Kier alpha value is -3.47. The number of amides is 4. The van der Waals surface area contributed by atoms with E-state index in [0.29, 0.717) is 67.6 Å². The van der Waals surface area contributed by atoms with Crippen molar-refractivity contribution in [2.45, 2.75) is 52.6 Å². The highest BCUT2D eigenvalue weighted by molar-refractivity contribution is 5.95. The fraction of sp³-hybridized carbons (Fsp3) is 0.607. The van der Waals surface area contributed by atoms with Crippen LogP contribution in [0, 0.1) is 0 Å². The summed E-state index contributed by atoms with van der Waals surface area (Å²) in [5.74, 6) is 0.591.